The summed E-state index contributed by atoms with van der Waals surface area (Å²) in [5, 5.41) is 11.7. The molecule has 0 fully saturated rings. The maximum absolute atomic E-state index is 12.0. The van der Waals surface area contributed by atoms with Crippen molar-refractivity contribution in [1.29, 1.82) is 0 Å². The molecule has 0 spiro atoms. The van der Waals surface area contributed by atoms with E-state index in [1.54, 1.807) is 12.1 Å². The van der Waals surface area contributed by atoms with Gasteiger partial charge in [-0.25, -0.2) is 4.98 Å². The number of aliphatic carboxylic acids is 1. The van der Waals surface area contributed by atoms with E-state index in [1.807, 2.05) is 0 Å². The Labute approximate surface area is 129 Å². The van der Waals surface area contributed by atoms with E-state index in [2.05, 4.69) is 24.1 Å². The lowest BCUT2D eigenvalue weighted by Gasteiger charge is -2.20. The van der Waals surface area contributed by atoms with Crippen LogP contribution >= 0.6 is 11.6 Å². The Morgan fingerprint density at radius 2 is 2.10 bits per heavy atom. The maximum atomic E-state index is 12.0. The molecule has 5 nitrogen and oxygen atoms in total. The number of halogens is 1. The Morgan fingerprint density at radius 3 is 2.67 bits per heavy atom. The van der Waals surface area contributed by atoms with Gasteiger partial charge >= 0.3 is 5.97 Å². The van der Waals surface area contributed by atoms with Crippen molar-refractivity contribution in [3.05, 3.63) is 29.0 Å². The number of amides is 1. The fraction of sp³-hybridized carbons (Fsp3) is 0.533. The van der Waals surface area contributed by atoms with Crippen LogP contribution in [0.2, 0.25) is 5.15 Å². The molecule has 0 bridgehead atoms. The summed E-state index contributed by atoms with van der Waals surface area (Å²) in [6, 6.07) is 3.28. The van der Waals surface area contributed by atoms with E-state index in [-0.39, 0.29) is 23.4 Å². The lowest BCUT2D eigenvalue weighted by Crippen LogP contribution is -2.27. The first kappa shape index (κ1) is 17.4. The maximum Gasteiger partial charge on any atom is 0.303 e. The molecule has 0 saturated heterocycles. The molecule has 1 atom stereocenters. The number of nitrogens with zero attached hydrogens (tertiary/aromatic N) is 1. The molecule has 21 heavy (non-hydrogen) atoms. The molecule has 0 aliphatic rings. The second-order valence-electron chi connectivity index (χ2n) is 5.32. The molecule has 6 heteroatoms. The topological polar surface area (TPSA) is 79.3 Å². The zero-order valence-electron chi connectivity index (χ0n) is 12.3. The van der Waals surface area contributed by atoms with E-state index >= 15 is 0 Å². The zero-order chi connectivity index (χ0) is 15.8. The summed E-state index contributed by atoms with van der Waals surface area (Å²) in [5.74, 6) is -0.394. The van der Waals surface area contributed by atoms with Crippen molar-refractivity contribution in [3.63, 3.8) is 0 Å². The average Bonchev–Trinajstić information content (AvgIpc) is 2.42. The number of carboxylic acids is 1. The van der Waals surface area contributed by atoms with Crippen LogP contribution in [-0.4, -0.2) is 28.5 Å². The number of pyridine rings is 1. The first-order chi connectivity index (χ1) is 9.91. The number of rotatable bonds is 8. The summed E-state index contributed by atoms with van der Waals surface area (Å²) in [6.07, 6.45) is 3.05. The summed E-state index contributed by atoms with van der Waals surface area (Å²) in [6.45, 7) is 4.62. The largest absolute Gasteiger partial charge is 0.481 e. The van der Waals surface area contributed by atoms with Gasteiger partial charge in [0.05, 0.1) is 5.56 Å². The molecule has 1 aromatic heterocycles. The molecular formula is C15H21ClN2O3. The van der Waals surface area contributed by atoms with Gasteiger partial charge in [0, 0.05) is 19.2 Å². The van der Waals surface area contributed by atoms with E-state index in [9.17, 15) is 9.59 Å². The molecule has 0 aliphatic heterocycles. The molecule has 116 valence electrons. The highest BCUT2D eigenvalue weighted by Gasteiger charge is 2.16. The zero-order valence-corrected chi connectivity index (χ0v) is 13.1. The highest BCUT2D eigenvalue weighted by molar-refractivity contribution is 6.32. The SMILES string of the molecule is CC(C)C(CCNC(=O)c1cccnc1Cl)CCC(=O)O. The molecule has 0 radical (unpaired) electrons. The van der Waals surface area contributed by atoms with Crippen LogP contribution in [0, 0.1) is 11.8 Å². The van der Waals surface area contributed by atoms with Gasteiger partial charge in [-0.3, -0.25) is 9.59 Å². The molecule has 1 rings (SSSR count). The Morgan fingerprint density at radius 1 is 1.38 bits per heavy atom. The van der Waals surface area contributed by atoms with Gasteiger partial charge in [-0.15, -0.1) is 0 Å². The van der Waals surface area contributed by atoms with E-state index in [1.165, 1.54) is 6.20 Å². The third-order valence-corrected chi connectivity index (χ3v) is 3.78. The minimum Gasteiger partial charge on any atom is -0.481 e. The van der Waals surface area contributed by atoms with Gasteiger partial charge in [0.2, 0.25) is 0 Å². The standard InChI is InChI=1S/C15H21ClN2O3/c1-10(2)11(5-6-13(19)20)7-9-18-15(21)12-4-3-8-17-14(12)16/h3-4,8,10-11H,5-7,9H2,1-2H3,(H,18,21)(H,19,20). The van der Waals surface area contributed by atoms with Gasteiger partial charge in [-0.05, 0) is 36.8 Å². The number of hydrogen-bond donors (Lipinski definition) is 2. The van der Waals surface area contributed by atoms with Crippen LogP contribution in [0.5, 0.6) is 0 Å². The molecule has 1 heterocycles. The van der Waals surface area contributed by atoms with E-state index in [0.717, 1.165) is 6.42 Å². The number of carbonyl (C=O) groups excluding carboxylic acids is 1. The first-order valence-electron chi connectivity index (χ1n) is 7.02. The Bertz CT molecular complexity index is 492. The Balaban J connectivity index is 2.45. The highest BCUT2D eigenvalue weighted by Crippen LogP contribution is 2.20. The first-order valence-corrected chi connectivity index (χ1v) is 7.40. The molecule has 1 amide bonds. The van der Waals surface area contributed by atoms with Gasteiger partial charge in [0.1, 0.15) is 5.15 Å². The number of carboxylic acid groups (broad SMARTS) is 1. The number of aromatic nitrogens is 1. The van der Waals surface area contributed by atoms with Crippen molar-refractivity contribution in [2.45, 2.75) is 33.1 Å². The summed E-state index contributed by atoms with van der Waals surface area (Å²) < 4.78 is 0. The summed E-state index contributed by atoms with van der Waals surface area (Å²) in [5.41, 5.74) is 0.353. The Kier molecular flexibility index (Phi) is 7.15. The fourth-order valence-corrected chi connectivity index (χ4v) is 2.35. The van der Waals surface area contributed by atoms with Crippen molar-refractivity contribution >= 4 is 23.5 Å². The minimum absolute atomic E-state index is 0.158. The molecule has 0 saturated carbocycles. The van der Waals surface area contributed by atoms with Crippen molar-refractivity contribution < 1.29 is 14.7 Å². The molecule has 0 aromatic carbocycles. The van der Waals surface area contributed by atoms with Crippen molar-refractivity contribution in [2.24, 2.45) is 11.8 Å². The third-order valence-electron chi connectivity index (χ3n) is 3.48. The second kappa shape index (κ2) is 8.62. The normalized spacial score (nSPS) is 12.2. The Hall–Kier alpha value is -1.62. The summed E-state index contributed by atoms with van der Waals surface area (Å²) in [4.78, 5) is 26.5. The smallest absolute Gasteiger partial charge is 0.303 e. The number of nitrogens with one attached hydrogen (secondary N) is 1. The third kappa shape index (κ3) is 6.12. The number of hydrogen-bond acceptors (Lipinski definition) is 3. The van der Waals surface area contributed by atoms with Gasteiger partial charge in [-0.2, -0.15) is 0 Å². The van der Waals surface area contributed by atoms with E-state index < -0.39 is 5.97 Å². The lowest BCUT2D eigenvalue weighted by atomic mass is 9.88. The molecule has 1 unspecified atom stereocenters. The van der Waals surface area contributed by atoms with Crippen molar-refractivity contribution in [2.75, 3.05) is 6.54 Å². The van der Waals surface area contributed by atoms with Crippen LogP contribution < -0.4 is 5.32 Å². The van der Waals surface area contributed by atoms with Crippen LogP contribution in [0.1, 0.15) is 43.5 Å². The van der Waals surface area contributed by atoms with Crippen LogP contribution in [0.4, 0.5) is 0 Å². The second-order valence-corrected chi connectivity index (χ2v) is 5.68. The van der Waals surface area contributed by atoms with Gasteiger partial charge < -0.3 is 10.4 Å². The van der Waals surface area contributed by atoms with Crippen LogP contribution in [0.3, 0.4) is 0 Å². The lowest BCUT2D eigenvalue weighted by molar-refractivity contribution is -0.137. The van der Waals surface area contributed by atoms with Crippen molar-refractivity contribution in [3.8, 4) is 0 Å². The summed E-state index contributed by atoms with van der Waals surface area (Å²) in [7, 11) is 0. The van der Waals surface area contributed by atoms with Crippen LogP contribution in [0.15, 0.2) is 18.3 Å². The molecule has 1 aromatic rings. The monoisotopic (exact) mass is 312 g/mol. The van der Waals surface area contributed by atoms with Crippen molar-refractivity contribution in [1.82, 2.24) is 10.3 Å². The summed E-state index contributed by atoms with van der Waals surface area (Å²) >= 11 is 5.86. The van der Waals surface area contributed by atoms with E-state index in [0.29, 0.717) is 24.4 Å². The number of carbonyl (C=O) groups is 2. The van der Waals surface area contributed by atoms with Gasteiger partial charge in [-0.1, -0.05) is 25.4 Å². The predicted octanol–water partition coefficient (Wildman–Crippen LogP) is 2.99. The molecule has 0 aliphatic carbocycles. The highest BCUT2D eigenvalue weighted by atomic mass is 35.5. The fourth-order valence-electron chi connectivity index (χ4n) is 2.14. The quantitative estimate of drug-likeness (QED) is 0.723. The molecular weight excluding hydrogens is 292 g/mol. The van der Waals surface area contributed by atoms with Gasteiger partial charge in [0.25, 0.3) is 5.91 Å². The predicted molar refractivity (Wildman–Crippen MR) is 81.4 cm³/mol. The van der Waals surface area contributed by atoms with E-state index in [4.69, 9.17) is 16.7 Å². The molecule has 2 N–H and O–H groups in total. The van der Waals surface area contributed by atoms with Crippen LogP contribution in [0.25, 0.3) is 0 Å². The average molecular weight is 313 g/mol. The van der Waals surface area contributed by atoms with Gasteiger partial charge in [0.15, 0.2) is 0 Å². The van der Waals surface area contributed by atoms with Crippen LogP contribution in [-0.2, 0) is 4.79 Å². The minimum atomic E-state index is -0.785.